The highest BCUT2D eigenvalue weighted by molar-refractivity contribution is 7.99. The molecule has 0 bridgehead atoms. The Hall–Kier alpha value is -1.79. The van der Waals surface area contributed by atoms with E-state index in [0.29, 0.717) is 30.5 Å². The lowest BCUT2D eigenvalue weighted by Crippen LogP contribution is -2.27. The van der Waals surface area contributed by atoms with E-state index in [1.165, 1.54) is 11.8 Å². The number of thioether (sulfide) groups is 1. The molecule has 0 spiro atoms. The van der Waals surface area contributed by atoms with Crippen molar-refractivity contribution in [1.29, 1.82) is 0 Å². The molecule has 1 amide bonds. The van der Waals surface area contributed by atoms with Crippen LogP contribution in [0.3, 0.4) is 0 Å². The number of rotatable bonds is 8. The van der Waals surface area contributed by atoms with Crippen LogP contribution in [0.2, 0.25) is 0 Å². The minimum absolute atomic E-state index is 0.0280. The van der Waals surface area contributed by atoms with E-state index < -0.39 is 0 Å². The van der Waals surface area contributed by atoms with E-state index in [0.717, 1.165) is 17.7 Å². The van der Waals surface area contributed by atoms with E-state index in [1.807, 2.05) is 30.3 Å². The Balaban J connectivity index is 1.75. The molecule has 1 aromatic carbocycles. The van der Waals surface area contributed by atoms with Crippen LogP contribution in [-0.2, 0) is 10.5 Å². The van der Waals surface area contributed by atoms with Crippen molar-refractivity contribution in [3.8, 4) is 11.5 Å². The molecule has 112 valence electrons. The molecule has 0 fully saturated rings. The van der Waals surface area contributed by atoms with Crippen LogP contribution in [0.1, 0.15) is 12.1 Å². The molecule has 1 aromatic heterocycles. The van der Waals surface area contributed by atoms with Crippen LogP contribution in [0, 0.1) is 0 Å². The molecule has 0 unspecified atom stereocenters. The van der Waals surface area contributed by atoms with Crippen LogP contribution >= 0.6 is 11.8 Å². The van der Waals surface area contributed by atoms with Crippen LogP contribution in [0.4, 0.5) is 0 Å². The van der Waals surface area contributed by atoms with Gasteiger partial charge < -0.3 is 15.5 Å². The van der Waals surface area contributed by atoms with Crippen molar-refractivity contribution in [1.82, 2.24) is 10.3 Å². The second-order valence-electron chi connectivity index (χ2n) is 4.50. The smallest absolute Gasteiger partial charge is 0.230 e. The predicted octanol–water partition coefficient (Wildman–Crippen LogP) is 2.04. The summed E-state index contributed by atoms with van der Waals surface area (Å²) in [6.45, 7) is 1.23. The number of nitrogens with zero attached hydrogens (tertiary/aromatic N) is 1. The van der Waals surface area contributed by atoms with Crippen molar-refractivity contribution in [2.75, 3.05) is 18.8 Å². The first-order valence-corrected chi connectivity index (χ1v) is 7.99. The van der Waals surface area contributed by atoms with Gasteiger partial charge in [0.05, 0.1) is 11.4 Å². The fourth-order valence-corrected chi connectivity index (χ4v) is 2.45. The van der Waals surface area contributed by atoms with Crippen LogP contribution in [0.15, 0.2) is 41.0 Å². The summed E-state index contributed by atoms with van der Waals surface area (Å²) in [5.74, 6) is 1.71. The zero-order valence-corrected chi connectivity index (χ0v) is 12.6. The highest BCUT2D eigenvalue weighted by atomic mass is 32.2. The number of aromatic nitrogens is 1. The van der Waals surface area contributed by atoms with Crippen LogP contribution in [0.5, 0.6) is 0 Å². The molecular weight excluding hydrogens is 286 g/mol. The molecule has 6 heteroatoms. The molecule has 21 heavy (non-hydrogen) atoms. The van der Waals surface area contributed by atoms with E-state index in [2.05, 4.69) is 10.3 Å². The van der Waals surface area contributed by atoms with Gasteiger partial charge in [-0.3, -0.25) is 4.79 Å². The van der Waals surface area contributed by atoms with Crippen molar-refractivity contribution in [2.45, 2.75) is 12.2 Å². The average molecular weight is 305 g/mol. The Kier molecular flexibility index (Phi) is 6.30. The number of oxazole rings is 1. The fraction of sp³-hybridized carbons (Fsp3) is 0.333. The minimum atomic E-state index is 0.0280. The number of carbonyl (C=O) groups is 1. The van der Waals surface area contributed by atoms with Gasteiger partial charge in [0.1, 0.15) is 6.26 Å². The Bertz CT molecular complexity index is 557. The molecule has 0 saturated heterocycles. The van der Waals surface area contributed by atoms with Gasteiger partial charge in [-0.1, -0.05) is 18.2 Å². The highest BCUT2D eigenvalue weighted by Crippen LogP contribution is 2.20. The zero-order chi connectivity index (χ0) is 14.9. The maximum atomic E-state index is 11.5. The third-order valence-corrected chi connectivity index (χ3v) is 3.72. The van der Waals surface area contributed by atoms with Gasteiger partial charge in [-0.2, -0.15) is 0 Å². The number of nitrogens with one attached hydrogen (secondary N) is 1. The quantitative estimate of drug-likeness (QED) is 0.729. The van der Waals surface area contributed by atoms with Gasteiger partial charge >= 0.3 is 0 Å². The summed E-state index contributed by atoms with van der Waals surface area (Å²) in [4.78, 5) is 15.9. The van der Waals surface area contributed by atoms with Gasteiger partial charge in [0, 0.05) is 17.9 Å². The molecule has 3 N–H and O–H groups in total. The first-order valence-electron chi connectivity index (χ1n) is 6.84. The molecule has 0 aliphatic carbocycles. The molecule has 0 atom stereocenters. The molecule has 2 aromatic rings. The van der Waals surface area contributed by atoms with E-state index in [1.54, 1.807) is 6.26 Å². The van der Waals surface area contributed by atoms with Crippen LogP contribution in [-0.4, -0.2) is 29.7 Å². The maximum Gasteiger partial charge on any atom is 0.230 e. The summed E-state index contributed by atoms with van der Waals surface area (Å²) in [5, 5.41) is 2.82. The lowest BCUT2D eigenvalue weighted by molar-refractivity contribution is -0.118. The summed E-state index contributed by atoms with van der Waals surface area (Å²) in [6, 6.07) is 9.74. The Morgan fingerprint density at radius 2 is 2.14 bits per heavy atom. The lowest BCUT2D eigenvalue weighted by atomic mass is 10.2. The normalized spacial score (nSPS) is 10.5. The fourth-order valence-electron chi connectivity index (χ4n) is 1.72. The lowest BCUT2D eigenvalue weighted by Gasteiger charge is -2.02. The third kappa shape index (κ3) is 5.24. The largest absolute Gasteiger partial charge is 0.444 e. The van der Waals surface area contributed by atoms with Crippen LogP contribution < -0.4 is 11.1 Å². The van der Waals surface area contributed by atoms with Gasteiger partial charge in [0.15, 0.2) is 0 Å². The van der Waals surface area contributed by atoms with Crippen molar-refractivity contribution < 1.29 is 9.21 Å². The summed E-state index contributed by atoms with van der Waals surface area (Å²) in [7, 11) is 0. The first kappa shape index (κ1) is 15.6. The molecule has 2 rings (SSSR count). The van der Waals surface area contributed by atoms with Crippen molar-refractivity contribution in [3.05, 3.63) is 42.3 Å². The van der Waals surface area contributed by atoms with Crippen molar-refractivity contribution in [3.63, 3.8) is 0 Å². The summed E-state index contributed by atoms with van der Waals surface area (Å²) < 4.78 is 5.45. The number of benzene rings is 1. The summed E-state index contributed by atoms with van der Waals surface area (Å²) >= 11 is 1.52. The zero-order valence-electron chi connectivity index (χ0n) is 11.7. The molecular formula is C15H19N3O2S. The van der Waals surface area contributed by atoms with Gasteiger partial charge in [-0.05, 0) is 25.1 Å². The molecule has 0 aliphatic heterocycles. The minimum Gasteiger partial charge on any atom is -0.444 e. The van der Waals surface area contributed by atoms with Gasteiger partial charge in [0.25, 0.3) is 0 Å². The number of hydrogen-bond acceptors (Lipinski definition) is 5. The molecule has 5 nitrogen and oxygen atoms in total. The second-order valence-corrected chi connectivity index (χ2v) is 5.48. The van der Waals surface area contributed by atoms with Gasteiger partial charge in [0.2, 0.25) is 11.8 Å². The van der Waals surface area contributed by atoms with Crippen molar-refractivity contribution in [2.24, 2.45) is 5.73 Å². The standard InChI is InChI=1S/C15H19N3O2S/c16-7-4-8-17-14(19)11-21-10-13-9-20-15(18-13)12-5-2-1-3-6-12/h1-3,5-6,9H,4,7-8,10-11,16H2,(H,17,19). The first-order chi connectivity index (χ1) is 10.3. The predicted molar refractivity (Wildman–Crippen MR) is 84.8 cm³/mol. The number of nitrogens with two attached hydrogens (primary N) is 1. The maximum absolute atomic E-state index is 11.5. The van der Waals surface area contributed by atoms with E-state index >= 15 is 0 Å². The van der Waals surface area contributed by atoms with E-state index in [-0.39, 0.29) is 5.91 Å². The number of amides is 1. The Labute approximate surface area is 128 Å². The molecule has 0 aliphatic rings. The number of hydrogen-bond donors (Lipinski definition) is 2. The van der Waals surface area contributed by atoms with E-state index in [9.17, 15) is 4.79 Å². The molecule has 1 heterocycles. The number of carbonyl (C=O) groups excluding carboxylic acids is 1. The molecule has 0 saturated carbocycles. The van der Waals surface area contributed by atoms with Crippen LogP contribution in [0.25, 0.3) is 11.5 Å². The molecule has 0 radical (unpaired) electrons. The summed E-state index contributed by atoms with van der Waals surface area (Å²) in [6.07, 6.45) is 2.45. The second kappa shape index (κ2) is 8.49. The Morgan fingerprint density at radius 3 is 2.90 bits per heavy atom. The topological polar surface area (TPSA) is 81.1 Å². The van der Waals surface area contributed by atoms with Gasteiger partial charge in [-0.15, -0.1) is 11.8 Å². The highest BCUT2D eigenvalue weighted by Gasteiger charge is 2.07. The third-order valence-electron chi connectivity index (χ3n) is 2.76. The monoisotopic (exact) mass is 305 g/mol. The van der Waals surface area contributed by atoms with E-state index in [4.69, 9.17) is 10.2 Å². The Morgan fingerprint density at radius 1 is 1.33 bits per heavy atom. The average Bonchev–Trinajstić information content (AvgIpc) is 2.97. The SMILES string of the molecule is NCCCNC(=O)CSCc1coc(-c2ccccc2)n1. The summed E-state index contributed by atoms with van der Waals surface area (Å²) in [5.41, 5.74) is 7.16. The van der Waals surface area contributed by atoms with Gasteiger partial charge in [-0.25, -0.2) is 4.98 Å². The van der Waals surface area contributed by atoms with Crippen molar-refractivity contribution >= 4 is 17.7 Å².